The zero-order valence-electron chi connectivity index (χ0n) is 82.5. The minimum Gasteiger partial charge on any atom is -0.507 e. The van der Waals surface area contributed by atoms with Gasteiger partial charge in [0.15, 0.2) is 60.5 Å². The minimum atomic E-state index is -4.31. The predicted octanol–water partition coefficient (Wildman–Crippen LogP) is 31.0. The van der Waals surface area contributed by atoms with Crippen LogP contribution < -0.4 is 18.9 Å². The Labute approximate surface area is 868 Å². The van der Waals surface area contributed by atoms with E-state index >= 15 is 0 Å². The highest BCUT2D eigenvalue weighted by atomic mass is 32.2. The van der Waals surface area contributed by atoms with Crippen LogP contribution in [0.5, 0.6) is 28.7 Å². The van der Waals surface area contributed by atoms with Gasteiger partial charge in [0.2, 0.25) is 0 Å². The third kappa shape index (κ3) is 27.6. The summed E-state index contributed by atoms with van der Waals surface area (Å²) in [7, 11) is 5.07. The van der Waals surface area contributed by atoms with Gasteiger partial charge in [0.25, 0.3) is 0 Å². The SMILES string of the molecule is CCCCOc1ccc([S+]2CCCC2)c2ccccc12.COCCOc1ccc([S+]2CCCC2)c2ccccc12.COCCOc1ccc([S+]2CCOCC2)c2ccccc12.FC(F)(F)COc1ccc([S+]2CCCC2)c2ccccc12.Oc1ccc([S+]2CCCC2)c2ccccc12.c1ccc([S+](c2ccccc2)c2ccc3ccccc3c2)cc1.c1ccc([S+](c2ccccc2)c2cccc3ccccc23)cc1. The summed E-state index contributed by atoms with van der Waals surface area (Å²) in [6.45, 7) is 5.95. The molecule has 5 aliphatic heterocycles. The average molecular weight is 2050 g/mol. The number of alkyl halides is 3. The van der Waals surface area contributed by atoms with Crippen molar-refractivity contribution in [2.45, 2.75) is 131 Å². The summed E-state index contributed by atoms with van der Waals surface area (Å²) in [6, 6.07) is 136. The molecule has 18 aromatic carbocycles. The van der Waals surface area contributed by atoms with E-state index in [1.54, 1.807) is 25.2 Å². The molecule has 144 heavy (non-hydrogen) atoms. The summed E-state index contributed by atoms with van der Waals surface area (Å²) in [5.41, 5.74) is 0. The lowest BCUT2D eigenvalue weighted by atomic mass is 10.1. The minimum absolute atomic E-state index is 0.0707. The molecule has 23 rings (SSSR count). The topological polar surface area (TPSA) is 84.8 Å². The van der Waals surface area contributed by atoms with E-state index in [9.17, 15) is 18.3 Å². The first kappa shape index (κ1) is 104. The van der Waals surface area contributed by atoms with Gasteiger partial charge >= 0.3 is 6.18 Å². The molecule has 0 saturated carbocycles. The molecule has 738 valence electrons. The van der Waals surface area contributed by atoms with E-state index in [1.165, 1.54) is 212 Å². The molecule has 1 N–H and O–H groups in total. The Morgan fingerprint density at radius 3 is 0.958 bits per heavy atom. The lowest BCUT2D eigenvalue weighted by molar-refractivity contribution is -0.153. The van der Waals surface area contributed by atoms with Crippen LogP contribution in [0.3, 0.4) is 0 Å². The van der Waals surface area contributed by atoms with Crippen molar-refractivity contribution in [2.24, 2.45) is 0 Å². The summed E-state index contributed by atoms with van der Waals surface area (Å²) < 4.78 is 75.3. The third-order valence-electron chi connectivity index (χ3n) is 25.9. The smallest absolute Gasteiger partial charge is 0.422 e. The second-order valence-corrected chi connectivity index (χ2v) is 50.9. The Balaban J connectivity index is 0.000000115. The number of hydrogen-bond acceptors (Lipinski definition) is 8. The van der Waals surface area contributed by atoms with Gasteiger partial charge in [-0.1, -0.05) is 232 Å². The molecule has 8 nitrogen and oxygen atoms in total. The van der Waals surface area contributed by atoms with Crippen molar-refractivity contribution in [3.8, 4) is 28.7 Å². The molecule has 18 aromatic rings. The predicted molar refractivity (Wildman–Crippen MR) is 611 cm³/mol. The molecule has 5 aliphatic rings. The number of unbranched alkanes of at least 4 members (excludes halogenated alkanes) is 1. The molecule has 0 spiro atoms. The van der Waals surface area contributed by atoms with E-state index < -0.39 is 12.8 Å². The highest BCUT2D eigenvalue weighted by Crippen LogP contribution is 2.43. The first-order valence-corrected chi connectivity index (χ1v) is 60.7. The fourth-order valence-corrected chi connectivity index (χ4v) is 35.3. The lowest BCUT2D eigenvalue weighted by Crippen LogP contribution is -2.26. The number of phenols is 1. The molecule has 5 saturated heterocycles. The summed E-state index contributed by atoms with van der Waals surface area (Å²) in [5, 5.41) is 26.9. The lowest BCUT2D eigenvalue weighted by Gasteiger charge is -2.17. The van der Waals surface area contributed by atoms with E-state index in [-0.39, 0.29) is 32.7 Å². The molecular weight excluding hydrogens is 1920 g/mol. The first-order chi connectivity index (χ1) is 70.9. The second kappa shape index (κ2) is 53.8. The normalized spacial score (nSPS) is 14.6. The Bertz CT molecular complexity index is 6890. The van der Waals surface area contributed by atoms with E-state index in [1.807, 2.05) is 48.5 Å². The number of hydrogen-bond donors (Lipinski definition) is 1. The van der Waals surface area contributed by atoms with Crippen molar-refractivity contribution < 1.29 is 51.4 Å². The zero-order chi connectivity index (χ0) is 98.9. The van der Waals surface area contributed by atoms with Gasteiger partial charge in [-0.15, -0.1) is 0 Å². The average Bonchev–Trinajstić information content (AvgIpc) is 1.43. The number of fused-ring (bicyclic) bond motifs is 7. The van der Waals surface area contributed by atoms with Crippen molar-refractivity contribution in [1.82, 2.24) is 0 Å². The molecule has 5 heterocycles. The standard InChI is InChI=1S/2C22H17S.C18H23OS.C17H21O3S.C17H21O2S.C16H16F3OS.C14H14OS/c1-3-12-19(13-4-1)23(20-14-5-2-6-15-20)22-17-9-11-18-10-7-8-16-21(18)22;1-3-11-20(12-4-1)23(21-13-5-2-6-14-21)22-16-15-18-9-7-8-10-19(18)17-22;1-2-3-12-19-17-10-11-18(20-13-6-7-14-20)16-9-5-4-8-15(16)17;1-18-8-9-20-16-6-7-17(21-12-10-19-11-13-21)15-5-3-2-4-14(15)16;1-18-10-11-19-16-8-9-17(20-12-4-5-13-20)15-7-3-2-6-14(15)16;17-16(18,19)11-20-14-7-8-15(21-9-3-4-10-21)13-6-2-1-5-12(13)14;15-13-7-8-14(16-9-3-4-10-16)12-6-2-1-5-11(12)13/h2*1-17H;4-5,8-11H,2-3,6-7,12-14H2,1H3;2-7H,8-13H2,1H3;2-3,6-9H,4-5,10-13H2,1H3;1-2,5-8H,3-4,9-11H2;1-2,5-8H,3-4,9-10H2/q6*+1;/p+1. The zero-order valence-corrected chi connectivity index (χ0v) is 88.3. The third-order valence-corrected chi connectivity index (χ3v) is 42.9. The molecular formula is C126H130F3O8S7+7. The van der Waals surface area contributed by atoms with Crippen LogP contribution in [0.2, 0.25) is 0 Å². The first-order valence-electron chi connectivity index (χ1n) is 50.4. The monoisotopic (exact) mass is 2050 g/mol. The Morgan fingerprint density at radius 2 is 0.576 bits per heavy atom. The molecule has 0 aliphatic carbocycles. The molecule has 0 unspecified atom stereocenters. The number of halogens is 3. The quantitative estimate of drug-likeness (QED) is 0.0448. The number of methoxy groups -OCH3 is 2. The van der Waals surface area contributed by atoms with Crippen LogP contribution in [0.25, 0.3) is 75.4 Å². The molecule has 18 heteroatoms. The summed E-state index contributed by atoms with van der Waals surface area (Å²) in [5.74, 6) is 16.5. The number of phenolic OH excluding ortho intramolecular Hbond substituents is 1. The maximum atomic E-state index is 12.3. The Morgan fingerprint density at radius 1 is 0.271 bits per heavy atom. The van der Waals surface area contributed by atoms with Crippen molar-refractivity contribution in [3.63, 3.8) is 0 Å². The molecule has 0 aromatic heterocycles. The summed E-state index contributed by atoms with van der Waals surface area (Å²) >= 11 is 0. The maximum Gasteiger partial charge on any atom is 0.422 e. The largest absolute Gasteiger partial charge is 0.507 e. The van der Waals surface area contributed by atoms with Gasteiger partial charge in [-0.05, 0) is 238 Å². The van der Waals surface area contributed by atoms with Crippen LogP contribution in [0.4, 0.5) is 13.2 Å². The van der Waals surface area contributed by atoms with Gasteiger partial charge in [-0.2, -0.15) is 13.2 Å². The van der Waals surface area contributed by atoms with E-state index in [2.05, 4.69) is 341 Å². The second-order valence-electron chi connectivity index (χ2n) is 35.6. The van der Waals surface area contributed by atoms with Crippen molar-refractivity contribution in [3.05, 3.63) is 388 Å². The fourth-order valence-electron chi connectivity index (χ4n) is 18.9. The van der Waals surface area contributed by atoms with Crippen molar-refractivity contribution in [2.75, 3.05) is 125 Å². The highest BCUT2D eigenvalue weighted by Gasteiger charge is 2.37. The van der Waals surface area contributed by atoms with Crippen LogP contribution in [0.15, 0.2) is 442 Å². The van der Waals surface area contributed by atoms with Gasteiger partial charge in [0.1, 0.15) is 99.5 Å². The van der Waals surface area contributed by atoms with Crippen LogP contribution >= 0.6 is 0 Å². The number of aromatic hydroxyl groups is 1. The van der Waals surface area contributed by atoms with Gasteiger partial charge < -0.3 is 38.3 Å². The summed E-state index contributed by atoms with van der Waals surface area (Å²) in [4.78, 5) is 15.4. The van der Waals surface area contributed by atoms with Crippen molar-refractivity contribution in [1.29, 1.82) is 0 Å². The number of ether oxygens (including phenoxy) is 7. The van der Waals surface area contributed by atoms with Gasteiger partial charge in [-0.3, -0.25) is 0 Å². The van der Waals surface area contributed by atoms with E-state index in [0.717, 1.165) is 71.2 Å². The maximum absolute atomic E-state index is 12.3. The Hall–Kier alpha value is -11.1. The van der Waals surface area contributed by atoms with Crippen LogP contribution in [-0.4, -0.2) is 136 Å². The number of rotatable bonds is 25. The molecule has 0 atom stereocenters. The van der Waals surface area contributed by atoms with Crippen LogP contribution in [0.1, 0.15) is 71.1 Å². The highest BCUT2D eigenvalue weighted by molar-refractivity contribution is 7.99. The fraction of sp³-hybridized carbons (Fsp3) is 0.254. The van der Waals surface area contributed by atoms with E-state index in [0.29, 0.717) is 81.5 Å². The van der Waals surface area contributed by atoms with E-state index in [4.69, 9.17) is 33.2 Å². The van der Waals surface area contributed by atoms with Crippen molar-refractivity contribution >= 4 is 152 Å². The van der Waals surface area contributed by atoms with Gasteiger partial charge in [-0.25, -0.2) is 0 Å². The Kier molecular flexibility index (Phi) is 39.0. The number of benzene rings is 18. The molecule has 0 radical (unpaired) electrons. The van der Waals surface area contributed by atoms with Crippen LogP contribution in [-0.2, 0) is 90.5 Å². The summed E-state index contributed by atoms with van der Waals surface area (Å²) in [6.07, 6.45) is 8.74. The van der Waals surface area contributed by atoms with Crippen LogP contribution in [0, 0.1) is 0 Å². The van der Waals surface area contributed by atoms with Gasteiger partial charge in [0, 0.05) is 134 Å². The molecule has 0 amide bonds. The van der Waals surface area contributed by atoms with Gasteiger partial charge in [0.05, 0.1) is 54.8 Å². The molecule has 0 bridgehead atoms. The molecule has 5 fully saturated rings.